The van der Waals surface area contributed by atoms with E-state index in [2.05, 4.69) is 15.3 Å². The molecule has 1 atom stereocenters. The third-order valence-corrected chi connectivity index (χ3v) is 6.02. The number of hydrogen-bond donors (Lipinski definition) is 1. The van der Waals surface area contributed by atoms with Crippen LogP contribution in [0.25, 0.3) is 0 Å². The van der Waals surface area contributed by atoms with Crippen LogP contribution in [0.4, 0.5) is 17.3 Å². The molecule has 140 valence electrons. The van der Waals surface area contributed by atoms with E-state index in [1.807, 2.05) is 56.1 Å². The van der Waals surface area contributed by atoms with Crippen LogP contribution in [0.5, 0.6) is 5.75 Å². The summed E-state index contributed by atoms with van der Waals surface area (Å²) in [5, 5.41) is 3.23. The lowest BCUT2D eigenvalue weighted by Crippen LogP contribution is -2.33. The number of nitrogens with one attached hydrogen (secondary N) is 1. The third-order valence-electron chi connectivity index (χ3n) is 4.27. The van der Waals surface area contributed by atoms with Gasteiger partial charge >= 0.3 is 0 Å². The average Bonchev–Trinajstić information content (AvgIpc) is 2.96. The Morgan fingerprint density at radius 1 is 1.23 bits per heavy atom. The highest BCUT2D eigenvalue weighted by molar-refractivity contribution is 7.91. The summed E-state index contributed by atoms with van der Waals surface area (Å²) in [6.07, 6.45) is 2.24. The van der Waals surface area contributed by atoms with Crippen molar-refractivity contribution < 1.29 is 13.2 Å². The van der Waals surface area contributed by atoms with Gasteiger partial charge in [0.05, 0.1) is 17.6 Å². The third kappa shape index (κ3) is 4.63. The molecule has 0 aliphatic carbocycles. The first-order chi connectivity index (χ1) is 12.3. The molecule has 1 unspecified atom stereocenters. The standard InChI is InChI=1S/C18H24N4O3S/c1-13(2)25-16-6-4-14(5-7-16)21-17-10-18(20-12-19-17)22(3)15-8-9-26(23,24)11-15/h4-7,10,12-13,15H,8-9,11H2,1-3H3,(H,19,20,21). The molecule has 2 heterocycles. The fraction of sp³-hybridized carbons (Fsp3) is 0.444. The number of hydrogen-bond acceptors (Lipinski definition) is 7. The van der Waals surface area contributed by atoms with E-state index in [1.54, 1.807) is 0 Å². The Bertz CT molecular complexity index is 853. The maximum atomic E-state index is 11.7. The first kappa shape index (κ1) is 18.4. The second-order valence-electron chi connectivity index (χ2n) is 6.75. The zero-order valence-corrected chi connectivity index (χ0v) is 16.0. The van der Waals surface area contributed by atoms with Crippen LogP contribution in [0.2, 0.25) is 0 Å². The highest BCUT2D eigenvalue weighted by Crippen LogP contribution is 2.24. The van der Waals surface area contributed by atoms with Crippen LogP contribution in [0.15, 0.2) is 36.7 Å². The summed E-state index contributed by atoms with van der Waals surface area (Å²) in [5.41, 5.74) is 0.886. The maximum absolute atomic E-state index is 11.7. The van der Waals surface area contributed by atoms with Crippen LogP contribution in [0.3, 0.4) is 0 Å². The quantitative estimate of drug-likeness (QED) is 0.829. The summed E-state index contributed by atoms with van der Waals surface area (Å²) in [4.78, 5) is 10.4. The van der Waals surface area contributed by atoms with Gasteiger partial charge in [0.2, 0.25) is 0 Å². The zero-order valence-electron chi connectivity index (χ0n) is 15.2. The van der Waals surface area contributed by atoms with Crippen molar-refractivity contribution in [2.45, 2.75) is 32.4 Å². The van der Waals surface area contributed by atoms with Gasteiger partial charge in [-0.1, -0.05) is 0 Å². The summed E-state index contributed by atoms with van der Waals surface area (Å²) >= 11 is 0. The van der Waals surface area contributed by atoms with E-state index in [0.717, 1.165) is 11.4 Å². The molecule has 7 nitrogen and oxygen atoms in total. The SMILES string of the molecule is CC(C)Oc1ccc(Nc2cc(N(C)C3CCS(=O)(=O)C3)ncn2)cc1. The molecule has 1 saturated heterocycles. The summed E-state index contributed by atoms with van der Waals surface area (Å²) in [6, 6.07) is 9.43. The van der Waals surface area contributed by atoms with Gasteiger partial charge in [0.1, 0.15) is 23.7 Å². The second-order valence-corrected chi connectivity index (χ2v) is 8.97. The Hall–Kier alpha value is -2.35. The van der Waals surface area contributed by atoms with Crippen molar-refractivity contribution in [1.82, 2.24) is 9.97 Å². The molecular formula is C18H24N4O3S. The molecule has 26 heavy (non-hydrogen) atoms. The van der Waals surface area contributed by atoms with Crippen molar-refractivity contribution >= 4 is 27.2 Å². The Labute approximate surface area is 154 Å². The predicted octanol–water partition coefficient (Wildman–Crippen LogP) is 2.63. The molecule has 0 bridgehead atoms. The van der Waals surface area contributed by atoms with E-state index < -0.39 is 9.84 Å². The van der Waals surface area contributed by atoms with Crippen molar-refractivity contribution in [3.8, 4) is 5.75 Å². The summed E-state index contributed by atoms with van der Waals surface area (Å²) < 4.78 is 29.0. The molecule has 2 aromatic rings. The lowest BCUT2D eigenvalue weighted by molar-refractivity contribution is 0.242. The Kier molecular flexibility index (Phi) is 5.31. The first-order valence-corrected chi connectivity index (χ1v) is 10.4. The molecule has 1 aromatic carbocycles. The Balaban J connectivity index is 1.69. The van der Waals surface area contributed by atoms with Crippen molar-refractivity contribution in [3.05, 3.63) is 36.7 Å². The average molecular weight is 376 g/mol. The van der Waals surface area contributed by atoms with Crippen molar-refractivity contribution in [1.29, 1.82) is 0 Å². The molecule has 3 rings (SSSR count). The van der Waals surface area contributed by atoms with Gasteiger partial charge in [-0.05, 0) is 44.5 Å². The van der Waals surface area contributed by atoms with Crippen LogP contribution in [-0.4, -0.2) is 49.1 Å². The van der Waals surface area contributed by atoms with Gasteiger partial charge in [-0.25, -0.2) is 18.4 Å². The monoisotopic (exact) mass is 376 g/mol. The lowest BCUT2D eigenvalue weighted by atomic mass is 10.2. The van der Waals surface area contributed by atoms with Gasteiger partial charge in [0, 0.05) is 24.8 Å². The van der Waals surface area contributed by atoms with E-state index in [9.17, 15) is 8.42 Å². The summed E-state index contributed by atoms with van der Waals surface area (Å²) in [6.45, 7) is 3.97. The van der Waals surface area contributed by atoms with Crippen LogP contribution in [-0.2, 0) is 9.84 Å². The Morgan fingerprint density at radius 2 is 1.96 bits per heavy atom. The number of nitrogens with zero attached hydrogens (tertiary/aromatic N) is 3. The molecule has 0 spiro atoms. The topological polar surface area (TPSA) is 84.4 Å². The van der Waals surface area contributed by atoms with Crippen LogP contribution in [0, 0.1) is 0 Å². The largest absolute Gasteiger partial charge is 0.491 e. The molecule has 1 aliphatic heterocycles. The van der Waals surface area contributed by atoms with Gasteiger partial charge in [-0.15, -0.1) is 0 Å². The second kappa shape index (κ2) is 7.49. The lowest BCUT2D eigenvalue weighted by Gasteiger charge is -2.24. The smallest absolute Gasteiger partial charge is 0.152 e. The summed E-state index contributed by atoms with van der Waals surface area (Å²) in [5.74, 6) is 2.58. The van der Waals surface area contributed by atoms with Gasteiger partial charge in [-0.2, -0.15) is 0 Å². The van der Waals surface area contributed by atoms with Gasteiger partial charge in [0.25, 0.3) is 0 Å². The molecule has 0 saturated carbocycles. The molecule has 1 aromatic heterocycles. The van der Waals surface area contributed by atoms with Crippen molar-refractivity contribution in [3.63, 3.8) is 0 Å². The zero-order chi connectivity index (χ0) is 18.7. The number of benzene rings is 1. The van der Waals surface area contributed by atoms with Crippen LogP contribution in [0.1, 0.15) is 20.3 Å². The minimum atomic E-state index is -2.93. The maximum Gasteiger partial charge on any atom is 0.152 e. The molecule has 8 heteroatoms. The summed E-state index contributed by atoms with van der Waals surface area (Å²) in [7, 11) is -1.06. The minimum Gasteiger partial charge on any atom is -0.491 e. The van der Waals surface area contributed by atoms with Crippen LogP contribution < -0.4 is 15.0 Å². The highest BCUT2D eigenvalue weighted by Gasteiger charge is 2.31. The van der Waals surface area contributed by atoms with Gasteiger partial charge < -0.3 is 15.0 Å². The normalized spacial score (nSPS) is 18.7. The molecule has 1 N–H and O–H groups in total. The van der Waals surface area contributed by atoms with Gasteiger partial charge in [0.15, 0.2) is 9.84 Å². The number of anilines is 3. The van der Waals surface area contributed by atoms with E-state index >= 15 is 0 Å². The van der Waals surface area contributed by atoms with E-state index in [4.69, 9.17) is 4.74 Å². The minimum absolute atomic E-state index is 0.0461. The van der Waals surface area contributed by atoms with Crippen molar-refractivity contribution in [2.24, 2.45) is 0 Å². The van der Waals surface area contributed by atoms with E-state index in [-0.39, 0.29) is 23.7 Å². The van der Waals surface area contributed by atoms with E-state index in [0.29, 0.717) is 18.1 Å². The van der Waals surface area contributed by atoms with Crippen molar-refractivity contribution in [2.75, 3.05) is 28.8 Å². The highest BCUT2D eigenvalue weighted by atomic mass is 32.2. The van der Waals surface area contributed by atoms with E-state index in [1.165, 1.54) is 6.33 Å². The van der Waals surface area contributed by atoms with Crippen LogP contribution >= 0.6 is 0 Å². The Morgan fingerprint density at radius 3 is 2.58 bits per heavy atom. The molecule has 1 fully saturated rings. The predicted molar refractivity (Wildman–Crippen MR) is 103 cm³/mol. The molecule has 1 aliphatic rings. The number of sulfone groups is 1. The fourth-order valence-corrected chi connectivity index (χ4v) is 4.69. The molecule has 0 radical (unpaired) electrons. The molecular weight excluding hydrogens is 352 g/mol. The number of ether oxygens (including phenoxy) is 1. The molecule has 0 amide bonds. The van der Waals surface area contributed by atoms with Gasteiger partial charge in [-0.3, -0.25) is 0 Å². The number of aromatic nitrogens is 2. The number of rotatable bonds is 6. The fourth-order valence-electron chi connectivity index (χ4n) is 2.91. The first-order valence-electron chi connectivity index (χ1n) is 8.61.